The van der Waals surface area contributed by atoms with Crippen molar-refractivity contribution >= 4 is 5.91 Å². The van der Waals surface area contributed by atoms with Gasteiger partial charge in [0.2, 0.25) is 0 Å². The highest BCUT2D eigenvalue weighted by Gasteiger charge is 2.14. The molecule has 0 unspecified atom stereocenters. The van der Waals surface area contributed by atoms with Crippen LogP contribution in [0.3, 0.4) is 0 Å². The van der Waals surface area contributed by atoms with E-state index < -0.39 is 0 Å². The van der Waals surface area contributed by atoms with Crippen molar-refractivity contribution in [2.45, 2.75) is 46.1 Å². The number of hydrogen-bond donors (Lipinski definition) is 1. The summed E-state index contributed by atoms with van der Waals surface area (Å²) in [5, 5.41) is 6.84. The third-order valence-corrected chi connectivity index (χ3v) is 4.02. The van der Waals surface area contributed by atoms with Gasteiger partial charge in [0.05, 0.1) is 5.56 Å². The molecule has 8 nitrogen and oxygen atoms in total. The number of carbonyl (C=O) groups excluding carboxylic acids is 1. The van der Waals surface area contributed by atoms with Crippen LogP contribution in [0.5, 0.6) is 0 Å². The number of carbonyl (C=O) groups is 1. The van der Waals surface area contributed by atoms with Gasteiger partial charge in [0.1, 0.15) is 17.8 Å². The normalized spacial score (nSPS) is 12.3. The molecule has 3 rings (SSSR count). The lowest BCUT2D eigenvalue weighted by atomic mass is 10.2. The Morgan fingerprint density at radius 1 is 1.27 bits per heavy atom. The Hall–Kier alpha value is -3.03. The fourth-order valence-electron chi connectivity index (χ4n) is 2.22. The van der Waals surface area contributed by atoms with Crippen molar-refractivity contribution in [3.05, 3.63) is 42.4 Å². The molecule has 0 aromatic carbocycles. The van der Waals surface area contributed by atoms with E-state index in [-0.39, 0.29) is 17.9 Å². The topological polar surface area (TPSA) is 98.7 Å². The number of rotatable bonds is 6. The molecule has 3 heterocycles. The first-order valence-corrected chi connectivity index (χ1v) is 8.63. The lowest BCUT2D eigenvalue weighted by Gasteiger charge is -2.09. The van der Waals surface area contributed by atoms with E-state index in [9.17, 15) is 4.79 Å². The maximum atomic E-state index is 12.1. The molecule has 0 fully saturated rings. The molecule has 0 aliphatic rings. The van der Waals surface area contributed by atoms with E-state index in [2.05, 4.69) is 25.4 Å². The van der Waals surface area contributed by atoms with Crippen molar-refractivity contribution in [1.82, 2.24) is 30.0 Å². The molecular weight excluding hydrogens is 332 g/mol. The van der Waals surface area contributed by atoms with Crippen LogP contribution in [0.15, 0.2) is 35.4 Å². The van der Waals surface area contributed by atoms with Crippen molar-refractivity contribution in [3.63, 3.8) is 0 Å². The first-order chi connectivity index (χ1) is 12.5. The molecule has 0 spiro atoms. The van der Waals surface area contributed by atoms with E-state index in [1.807, 2.05) is 39.8 Å². The van der Waals surface area contributed by atoms with E-state index >= 15 is 0 Å². The molecular formula is C18H22N6O2. The zero-order valence-electron chi connectivity index (χ0n) is 15.3. The summed E-state index contributed by atoms with van der Waals surface area (Å²) in [7, 11) is 0. The highest BCUT2D eigenvalue weighted by atomic mass is 16.5. The summed E-state index contributed by atoms with van der Waals surface area (Å²) in [5.74, 6) is 1.75. The first kappa shape index (κ1) is 17.8. The van der Waals surface area contributed by atoms with E-state index in [1.54, 1.807) is 23.3 Å². The molecule has 0 radical (unpaired) electrons. The molecule has 0 saturated heterocycles. The van der Waals surface area contributed by atoms with Crippen molar-refractivity contribution in [2.24, 2.45) is 0 Å². The van der Waals surface area contributed by atoms with Gasteiger partial charge in [-0.25, -0.2) is 9.97 Å². The van der Waals surface area contributed by atoms with Gasteiger partial charge in [-0.05, 0) is 25.5 Å². The molecule has 3 aromatic rings. The second-order valence-electron chi connectivity index (χ2n) is 6.47. The average Bonchev–Trinajstić information content (AvgIpc) is 3.31. The van der Waals surface area contributed by atoms with Gasteiger partial charge in [-0.1, -0.05) is 25.9 Å². The minimum atomic E-state index is -0.193. The lowest BCUT2D eigenvalue weighted by molar-refractivity contribution is 0.0934. The number of nitrogens with one attached hydrogen (secondary N) is 1. The molecule has 8 heteroatoms. The highest BCUT2D eigenvalue weighted by molar-refractivity contribution is 5.92. The van der Waals surface area contributed by atoms with Crippen LogP contribution in [-0.4, -0.2) is 36.6 Å². The van der Waals surface area contributed by atoms with Crippen molar-refractivity contribution in [1.29, 1.82) is 0 Å². The number of pyridine rings is 1. The van der Waals surface area contributed by atoms with Crippen molar-refractivity contribution in [2.75, 3.05) is 0 Å². The van der Waals surface area contributed by atoms with E-state index in [1.165, 1.54) is 0 Å². The van der Waals surface area contributed by atoms with Crippen LogP contribution >= 0.6 is 0 Å². The lowest BCUT2D eigenvalue weighted by Crippen LogP contribution is -2.32. The summed E-state index contributed by atoms with van der Waals surface area (Å²) < 4.78 is 6.96. The largest absolute Gasteiger partial charge is 0.348 e. The van der Waals surface area contributed by atoms with Gasteiger partial charge in [0, 0.05) is 24.4 Å². The predicted molar refractivity (Wildman–Crippen MR) is 96.0 cm³/mol. The van der Waals surface area contributed by atoms with Crippen LogP contribution in [0.1, 0.15) is 56.3 Å². The third-order valence-electron chi connectivity index (χ3n) is 4.02. The third kappa shape index (κ3) is 3.79. The van der Waals surface area contributed by atoms with Crippen molar-refractivity contribution in [3.8, 4) is 17.3 Å². The number of aromatic nitrogens is 5. The average molecular weight is 354 g/mol. The summed E-state index contributed by atoms with van der Waals surface area (Å²) >= 11 is 0. The second-order valence-corrected chi connectivity index (χ2v) is 6.47. The zero-order valence-corrected chi connectivity index (χ0v) is 15.3. The molecule has 1 amide bonds. The summed E-state index contributed by atoms with van der Waals surface area (Å²) in [6.45, 7) is 7.98. The van der Waals surface area contributed by atoms with Gasteiger partial charge < -0.3 is 9.84 Å². The van der Waals surface area contributed by atoms with Crippen LogP contribution < -0.4 is 5.32 Å². The molecule has 0 bridgehead atoms. The van der Waals surface area contributed by atoms with E-state index in [0.717, 1.165) is 12.0 Å². The molecule has 136 valence electrons. The molecule has 3 aromatic heterocycles. The minimum Gasteiger partial charge on any atom is -0.348 e. The SMILES string of the molecule is CC[C@H](C)NC(=O)c1cn(-c2ccc(-c3nc(C(C)C)no3)cn2)cn1. The number of nitrogens with zero attached hydrogens (tertiary/aromatic N) is 5. The summed E-state index contributed by atoms with van der Waals surface area (Å²) in [6.07, 6.45) is 5.75. The van der Waals surface area contributed by atoms with E-state index in [4.69, 9.17) is 4.52 Å². The van der Waals surface area contributed by atoms with Crippen LogP contribution in [0.25, 0.3) is 17.3 Å². The fraction of sp³-hybridized carbons (Fsp3) is 0.389. The Morgan fingerprint density at radius 2 is 2.08 bits per heavy atom. The van der Waals surface area contributed by atoms with E-state index in [0.29, 0.717) is 23.2 Å². The molecule has 0 saturated carbocycles. The van der Waals surface area contributed by atoms with Crippen LogP contribution in [0.2, 0.25) is 0 Å². The van der Waals surface area contributed by atoms with Gasteiger partial charge in [-0.15, -0.1) is 0 Å². The van der Waals surface area contributed by atoms with Crippen LogP contribution in [0.4, 0.5) is 0 Å². The maximum absolute atomic E-state index is 12.1. The number of amides is 1. The zero-order chi connectivity index (χ0) is 18.7. The number of imidazole rings is 1. The molecule has 0 aliphatic heterocycles. The Morgan fingerprint density at radius 3 is 2.69 bits per heavy atom. The molecule has 1 N–H and O–H groups in total. The van der Waals surface area contributed by atoms with Gasteiger partial charge in [0.15, 0.2) is 5.82 Å². The summed E-state index contributed by atoms with van der Waals surface area (Å²) in [5.41, 5.74) is 1.10. The van der Waals surface area contributed by atoms with Crippen molar-refractivity contribution < 1.29 is 9.32 Å². The molecule has 1 atom stereocenters. The number of hydrogen-bond acceptors (Lipinski definition) is 6. The minimum absolute atomic E-state index is 0.107. The first-order valence-electron chi connectivity index (χ1n) is 8.63. The summed E-state index contributed by atoms with van der Waals surface area (Å²) in [6, 6.07) is 3.76. The standard InChI is InChI=1S/C18H22N6O2/c1-5-12(4)21-17(25)14-9-24(10-20-14)15-7-6-13(8-19-15)18-22-16(11(2)3)23-26-18/h6-12H,5H2,1-4H3,(H,21,25)/t12-/m0/s1. The van der Waals surface area contributed by atoms with Crippen LogP contribution in [-0.2, 0) is 0 Å². The second kappa shape index (κ2) is 7.47. The van der Waals surface area contributed by atoms with Gasteiger partial charge in [-0.3, -0.25) is 9.36 Å². The smallest absolute Gasteiger partial charge is 0.271 e. The van der Waals surface area contributed by atoms with Gasteiger partial charge in [0.25, 0.3) is 11.8 Å². The van der Waals surface area contributed by atoms with Crippen LogP contribution in [0, 0.1) is 0 Å². The summed E-state index contributed by atoms with van der Waals surface area (Å²) in [4.78, 5) is 25.0. The fourth-order valence-corrected chi connectivity index (χ4v) is 2.22. The Kier molecular flexibility index (Phi) is 5.11. The highest BCUT2D eigenvalue weighted by Crippen LogP contribution is 2.20. The maximum Gasteiger partial charge on any atom is 0.271 e. The molecule has 0 aliphatic carbocycles. The van der Waals surface area contributed by atoms with Gasteiger partial charge >= 0.3 is 0 Å². The monoisotopic (exact) mass is 354 g/mol. The Bertz CT molecular complexity index is 881. The quantitative estimate of drug-likeness (QED) is 0.731. The Labute approximate surface area is 151 Å². The van der Waals surface area contributed by atoms with Gasteiger partial charge in [-0.2, -0.15) is 4.98 Å². The molecule has 26 heavy (non-hydrogen) atoms. The Balaban J connectivity index is 1.75. The predicted octanol–water partition coefficient (Wildman–Crippen LogP) is 2.97.